The van der Waals surface area contributed by atoms with E-state index in [9.17, 15) is 0 Å². The van der Waals surface area contributed by atoms with Gasteiger partial charge < -0.3 is 21.9 Å². The van der Waals surface area contributed by atoms with E-state index in [4.69, 9.17) is 16.6 Å². The maximum absolute atomic E-state index is 9.14. The molecule has 19 heavy (non-hydrogen) atoms. The summed E-state index contributed by atoms with van der Waals surface area (Å²) in [4.78, 5) is 3.92. The van der Waals surface area contributed by atoms with Gasteiger partial charge >= 0.3 is 0 Å². The fourth-order valence-corrected chi connectivity index (χ4v) is 1.54. The smallest absolute Gasteiger partial charge is 0.185 e. The van der Waals surface area contributed by atoms with Gasteiger partial charge in [0.1, 0.15) is 5.75 Å². The van der Waals surface area contributed by atoms with E-state index < -0.39 is 0 Å². The number of phenols is 1. The molecule has 0 aliphatic heterocycles. The first-order valence-corrected chi connectivity index (χ1v) is 6.40. The fourth-order valence-electron chi connectivity index (χ4n) is 1.54. The van der Waals surface area contributed by atoms with Crippen LogP contribution in [0.15, 0.2) is 35.3 Å². The first-order valence-electron chi connectivity index (χ1n) is 6.40. The third-order valence-corrected chi connectivity index (χ3v) is 2.52. The molecule has 1 aromatic carbocycles. The lowest BCUT2D eigenvalue weighted by atomic mass is 10.2. The molecule has 0 amide bonds. The van der Waals surface area contributed by atoms with Crippen LogP contribution >= 0.6 is 0 Å². The number of unbranched alkanes of at least 4 members (excludes halogenated alkanes) is 1. The van der Waals surface area contributed by atoms with Gasteiger partial charge in [0.05, 0.1) is 0 Å². The first kappa shape index (κ1) is 15.0. The summed E-state index contributed by atoms with van der Waals surface area (Å²) in [7, 11) is 0. The molecule has 0 unspecified atom stereocenters. The minimum atomic E-state index is 0.157. The summed E-state index contributed by atoms with van der Waals surface area (Å²) >= 11 is 0. The van der Waals surface area contributed by atoms with E-state index in [1.165, 1.54) is 0 Å². The van der Waals surface area contributed by atoms with Crippen LogP contribution in [-0.4, -0.2) is 30.7 Å². The molecular formula is C14H22N4O. The zero-order valence-electron chi connectivity index (χ0n) is 11.0. The molecule has 0 atom stereocenters. The normalized spacial score (nSPS) is 10.7. The van der Waals surface area contributed by atoms with Gasteiger partial charge in [-0.3, -0.25) is 4.99 Å². The number of phenolic OH excluding ortho intramolecular Hbond substituents is 1. The van der Waals surface area contributed by atoms with E-state index in [2.05, 4.69) is 16.4 Å². The molecule has 0 spiro atoms. The quantitative estimate of drug-likeness (QED) is 0.320. The molecule has 5 nitrogen and oxygen atoms in total. The summed E-state index contributed by atoms with van der Waals surface area (Å²) in [6.45, 7) is 2.45. The Morgan fingerprint density at radius 1 is 1.21 bits per heavy atom. The van der Waals surface area contributed by atoms with Gasteiger partial charge in [0, 0.05) is 13.1 Å². The molecule has 0 aromatic heterocycles. The Bertz CT molecular complexity index is 408. The van der Waals surface area contributed by atoms with Crippen molar-refractivity contribution in [1.29, 1.82) is 0 Å². The predicted molar refractivity (Wildman–Crippen MR) is 79.9 cm³/mol. The average Bonchev–Trinajstić information content (AvgIpc) is 2.38. The molecule has 0 radical (unpaired) electrons. The van der Waals surface area contributed by atoms with Crippen molar-refractivity contribution in [3.05, 3.63) is 35.9 Å². The summed E-state index contributed by atoms with van der Waals surface area (Å²) < 4.78 is 0. The standard InChI is InChI=1S/C14H22N4O/c15-14(16)18-11-2-1-9-17-10-3-4-12-5-7-13(19)8-6-12/h3-8,17,19H,1-2,9-11H2,(H4,15,16,18)/b4-3+. The van der Waals surface area contributed by atoms with Crippen molar-refractivity contribution >= 4 is 12.0 Å². The number of benzene rings is 1. The molecule has 1 rings (SSSR count). The van der Waals surface area contributed by atoms with Crippen molar-refractivity contribution in [2.75, 3.05) is 19.6 Å². The number of hydrogen-bond donors (Lipinski definition) is 4. The zero-order valence-corrected chi connectivity index (χ0v) is 11.0. The summed E-state index contributed by atoms with van der Waals surface area (Å²) in [5, 5.41) is 12.5. The molecule has 104 valence electrons. The van der Waals surface area contributed by atoms with E-state index in [-0.39, 0.29) is 11.7 Å². The van der Waals surface area contributed by atoms with E-state index in [1.54, 1.807) is 12.1 Å². The number of rotatable bonds is 8. The van der Waals surface area contributed by atoms with Crippen molar-refractivity contribution in [2.45, 2.75) is 12.8 Å². The van der Waals surface area contributed by atoms with Crippen LogP contribution in [0, 0.1) is 0 Å². The SMILES string of the molecule is NC(N)=NCCCCNC/C=C/c1ccc(O)cc1. The molecule has 1 aromatic rings. The van der Waals surface area contributed by atoms with Crippen LogP contribution in [0.1, 0.15) is 18.4 Å². The second kappa shape index (κ2) is 8.99. The summed E-state index contributed by atoms with van der Waals surface area (Å²) in [5.41, 5.74) is 11.5. The predicted octanol–water partition coefficient (Wildman–Crippen LogP) is 1.05. The maximum atomic E-state index is 9.14. The lowest BCUT2D eigenvalue weighted by molar-refractivity contribution is 0.475. The lowest BCUT2D eigenvalue weighted by Gasteiger charge is -2.00. The number of aromatic hydroxyl groups is 1. The van der Waals surface area contributed by atoms with Gasteiger partial charge in [-0.25, -0.2) is 0 Å². The van der Waals surface area contributed by atoms with Crippen molar-refractivity contribution in [2.24, 2.45) is 16.5 Å². The average molecular weight is 262 g/mol. The molecule has 0 fully saturated rings. The lowest BCUT2D eigenvalue weighted by Crippen LogP contribution is -2.23. The van der Waals surface area contributed by atoms with Gasteiger partial charge in [0.2, 0.25) is 0 Å². The molecule has 0 saturated carbocycles. The van der Waals surface area contributed by atoms with Crippen LogP contribution in [0.3, 0.4) is 0 Å². The Morgan fingerprint density at radius 3 is 2.63 bits per heavy atom. The molecule has 6 N–H and O–H groups in total. The number of guanidine groups is 1. The first-order chi connectivity index (χ1) is 9.18. The van der Waals surface area contributed by atoms with Crippen LogP contribution in [0.5, 0.6) is 5.75 Å². The van der Waals surface area contributed by atoms with Crippen molar-refractivity contribution in [1.82, 2.24) is 5.32 Å². The van der Waals surface area contributed by atoms with Crippen LogP contribution in [0.2, 0.25) is 0 Å². The summed E-state index contributed by atoms with van der Waals surface area (Å²) in [5.74, 6) is 0.445. The van der Waals surface area contributed by atoms with Crippen molar-refractivity contribution < 1.29 is 5.11 Å². The number of nitrogens with zero attached hydrogens (tertiary/aromatic N) is 1. The highest BCUT2D eigenvalue weighted by Crippen LogP contribution is 2.10. The molecule has 0 aliphatic rings. The number of hydrogen-bond acceptors (Lipinski definition) is 3. The Morgan fingerprint density at radius 2 is 1.95 bits per heavy atom. The van der Waals surface area contributed by atoms with E-state index in [1.807, 2.05) is 18.2 Å². The third kappa shape index (κ3) is 7.83. The minimum Gasteiger partial charge on any atom is -0.508 e. The van der Waals surface area contributed by atoms with Gasteiger partial charge in [-0.2, -0.15) is 0 Å². The van der Waals surface area contributed by atoms with E-state index >= 15 is 0 Å². The fraction of sp³-hybridized carbons (Fsp3) is 0.357. The maximum Gasteiger partial charge on any atom is 0.185 e. The third-order valence-electron chi connectivity index (χ3n) is 2.52. The van der Waals surface area contributed by atoms with E-state index in [0.29, 0.717) is 6.54 Å². The van der Waals surface area contributed by atoms with E-state index in [0.717, 1.165) is 31.5 Å². The minimum absolute atomic E-state index is 0.157. The van der Waals surface area contributed by atoms with Gasteiger partial charge in [0.25, 0.3) is 0 Å². The van der Waals surface area contributed by atoms with Crippen LogP contribution < -0.4 is 16.8 Å². The largest absolute Gasteiger partial charge is 0.508 e. The number of aliphatic imine (C=N–C) groups is 1. The van der Waals surface area contributed by atoms with Gasteiger partial charge in [-0.05, 0) is 37.1 Å². The summed E-state index contributed by atoms with van der Waals surface area (Å²) in [6, 6.07) is 7.11. The van der Waals surface area contributed by atoms with Crippen molar-refractivity contribution in [3.63, 3.8) is 0 Å². The Balaban J connectivity index is 2.04. The highest BCUT2D eigenvalue weighted by atomic mass is 16.3. The Labute approximate surface area is 114 Å². The molecular weight excluding hydrogens is 240 g/mol. The molecule has 0 bridgehead atoms. The van der Waals surface area contributed by atoms with Gasteiger partial charge in [0.15, 0.2) is 5.96 Å². The van der Waals surface area contributed by atoms with Gasteiger partial charge in [-0.1, -0.05) is 24.3 Å². The molecule has 0 aliphatic carbocycles. The topological polar surface area (TPSA) is 96.7 Å². The van der Waals surface area contributed by atoms with Crippen LogP contribution in [0.25, 0.3) is 6.08 Å². The number of nitrogens with two attached hydrogens (primary N) is 2. The van der Waals surface area contributed by atoms with Crippen LogP contribution in [0.4, 0.5) is 0 Å². The second-order valence-electron chi connectivity index (χ2n) is 4.21. The molecule has 5 heteroatoms. The number of nitrogens with one attached hydrogen (secondary N) is 1. The van der Waals surface area contributed by atoms with Gasteiger partial charge in [-0.15, -0.1) is 0 Å². The highest BCUT2D eigenvalue weighted by molar-refractivity contribution is 5.75. The highest BCUT2D eigenvalue weighted by Gasteiger charge is 1.89. The Kier molecular flexibility index (Phi) is 7.12. The van der Waals surface area contributed by atoms with Crippen molar-refractivity contribution in [3.8, 4) is 5.75 Å². The zero-order chi connectivity index (χ0) is 13.9. The molecule has 0 saturated heterocycles. The molecule has 0 heterocycles. The monoisotopic (exact) mass is 262 g/mol. The second-order valence-corrected chi connectivity index (χ2v) is 4.21. The van der Waals surface area contributed by atoms with Crippen LogP contribution in [-0.2, 0) is 0 Å². The Hall–Kier alpha value is -2.01. The summed E-state index contributed by atoms with van der Waals surface area (Å²) in [6.07, 6.45) is 6.10.